The Morgan fingerprint density at radius 3 is 2.04 bits per heavy atom. The van der Waals surface area contributed by atoms with Crippen LogP contribution in [0.25, 0.3) is 0 Å². The molecule has 6 heteroatoms. The monoisotopic (exact) mass is 347 g/mol. The van der Waals surface area contributed by atoms with Gasteiger partial charge in [0.15, 0.2) is 0 Å². The van der Waals surface area contributed by atoms with Crippen molar-refractivity contribution in [3.63, 3.8) is 0 Å². The van der Waals surface area contributed by atoms with Crippen molar-refractivity contribution in [1.29, 1.82) is 0 Å². The van der Waals surface area contributed by atoms with Gasteiger partial charge in [-0.15, -0.1) is 0 Å². The van der Waals surface area contributed by atoms with Crippen molar-refractivity contribution >= 4 is 21.7 Å². The van der Waals surface area contributed by atoms with Crippen molar-refractivity contribution in [3.8, 4) is 0 Å². The van der Waals surface area contributed by atoms with Gasteiger partial charge in [-0.25, -0.2) is 8.42 Å². The van der Waals surface area contributed by atoms with Crippen LogP contribution >= 0.6 is 0 Å². The third-order valence-electron chi connectivity index (χ3n) is 3.61. The van der Waals surface area contributed by atoms with Gasteiger partial charge in [0.2, 0.25) is 0 Å². The van der Waals surface area contributed by atoms with E-state index in [1.165, 1.54) is 17.7 Å². The summed E-state index contributed by atoms with van der Waals surface area (Å²) in [5.74, 6) is -0.875. The number of sulfonamides is 1. The highest BCUT2D eigenvalue weighted by molar-refractivity contribution is 7.92. The molecule has 2 aromatic carbocycles. The number of carbonyl (C=O) groups is 1. The molecule has 0 spiro atoms. The van der Waals surface area contributed by atoms with Gasteiger partial charge >= 0.3 is 5.97 Å². The van der Waals surface area contributed by atoms with E-state index in [1.54, 1.807) is 24.3 Å². The SMILES string of the molecule is CCCc1ccc(NS(=O)(=O)c2ccc(CCC(=O)O)cc2)cc1. The van der Waals surface area contributed by atoms with E-state index < -0.39 is 16.0 Å². The normalized spacial score (nSPS) is 11.2. The Kier molecular flexibility index (Phi) is 5.98. The second-order valence-electron chi connectivity index (χ2n) is 5.59. The number of benzene rings is 2. The molecule has 0 saturated carbocycles. The van der Waals surface area contributed by atoms with Crippen LogP contribution in [0.2, 0.25) is 0 Å². The van der Waals surface area contributed by atoms with Crippen LogP contribution in [0.15, 0.2) is 53.4 Å². The molecule has 0 heterocycles. The first-order chi connectivity index (χ1) is 11.4. The van der Waals surface area contributed by atoms with Gasteiger partial charge < -0.3 is 5.11 Å². The van der Waals surface area contributed by atoms with E-state index >= 15 is 0 Å². The van der Waals surface area contributed by atoms with Crippen LogP contribution in [0.1, 0.15) is 30.9 Å². The molecule has 2 rings (SSSR count). The Balaban J connectivity index is 2.07. The highest BCUT2D eigenvalue weighted by atomic mass is 32.2. The molecule has 0 aliphatic rings. The second kappa shape index (κ2) is 7.97. The Labute approximate surface area is 142 Å². The molecule has 24 heavy (non-hydrogen) atoms. The van der Waals surface area contributed by atoms with Gasteiger partial charge in [0, 0.05) is 12.1 Å². The molecule has 2 aromatic rings. The molecule has 0 aliphatic carbocycles. The maximum absolute atomic E-state index is 12.4. The standard InChI is InChI=1S/C18H21NO4S/c1-2-3-14-4-9-16(10-5-14)19-24(22,23)17-11-6-15(7-12-17)8-13-18(20)21/h4-7,9-12,19H,2-3,8,13H2,1H3,(H,20,21). The lowest BCUT2D eigenvalue weighted by Gasteiger charge is -2.09. The van der Waals surface area contributed by atoms with Gasteiger partial charge in [0.1, 0.15) is 0 Å². The zero-order valence-corrected chi connectivity index (χ0v) is 14.3. The molecule has 0 saturated heterocycles. The first kappa shape index (κ1) is 18.0. The van der Waals surface area contributed by atoms with Crippen molar-refractivity contribution in [2.24, 2.45) is 0 Å². The smallest absolute Gasteiger partial charge is 0.303 e. The number of aliphatic carboxylic acids is 1. The lowest BCUT2D eigenvalue weighted by molar-refractivity contribution is -0.136. The van der Waals surface area contributed by atoms with Crippen LogP contribution < -0.4 is 4.72 Å². The third kappa shape index (κ3) is 5.09. The summed E-state index contributed by atoms with van der Waals surface area (Å²) in [5, 5.41) is 8.67. The first-order valence-corrected chi connectivity index (χ1v) is 9.31. The second-order valence-corrected chi connectivity index (χ2v) is 7.27. The van der Waals surface area contributed by atoms with Gasteiger partial charge in [-0.2, -0.15) is 0 Å². The predicted molar refractivity (Wildman–Crippen MR) is 93.6 cm³/mol. The van der Waals surface area contributed by atoms with Gasteiger partial charge in [-0.1, -0.05) is 37.6 Å². The Morgan fingerprint density at radius 2 is 1.50 bits per heavy atom. The number of rotatable bonds is 8. The summed E-state index contributed by atoms with van der Waals surface area (Å²) in [7, 11) is -3.65. The van der Waals surface area contributed by atoms with Crippen molar-refractivity contribution in [2.75, 3.05) is 4.72 Å². The van der Waals surface area contributed by atoms with E-state index in [4.69, 9.17) is 5.11 Å². The number of aryl methyl sites for hydroxylation is 2. The van der Waals surface area contributed by atoms with Gasteiger partial charge in [0.25, 0.3) is 10.0 Å². The topological polar surface area (TPSA) is 83.5 Å². The summed E-state index contributed by atoms with van der Waals surface area (Å²) in [6.07, 6.45) is 2.40. The highest BCUT2D eigenvalue weighted by Crippen LogP contribution is 2.18. The van der Waals surface area contributed by atoms with E-state index in [9.17, 15) is 13.2 Å². The molecule has 0 unspecified atom stereocenters. The third-order valence-corrected chi connectivity index (χ3v) is 5.00. The van der Waals surface area contributed by atoms with Crippen molar-refractivity contribution in [2.45, 2.75) is 37.5 Å². The molecule has 0 fully saturated rings. The van der Waals surface area contributed by atoms with Crippen LogP contribution in [-0.4, -0.2) is 19.5 Å². The number of anilines is 1. The summed E-state index contributed by atoms with van der Waals surface area (Å²) in [6.45, 7) is 2.09. The number of hydrogen-bond acceptors (Lipinski definition) is 3. The van der Waals surface area contributed by atoms with E-state index in [2.05, 4.69) is 11.6 Å². The minimum absolute atomic E-state index is 0.0223. The summed E-state index contributed by atoms with van der Waals surface area (Å²) >= 11 is 0. The fourth-order valence-electron chi connectivity index (χ4n) is 2.33. The van der Waals surface area contributed by atoms with E-state index in [-0.39, 0.29) is 11.3 Å². The molecule has 0 bridgehead atoms. The predicted octanol–water partition coefficient (Wildman–Crippen LogP) is 3.46. The molecule has 0 aliphatic heterocycles. The number of hydrogen-bond donors (Lipinski definition) is 2. The Hall–Kier alpha value is -2.34. The lowest BCUT2D eigenvalue weighted by Crippen LogP contribution is -2.13. The summed E-state index contributed by atoms with van der Waals surface area (Å²) in [4.78, 5) is 10.7. The van der Waals surface area contributed by atoms with E-state index in [1.807, 2.05) is 12.1 Å². The maximum atomic E-state index is 12.4. The first-order valence-electron chi connectivity index (χ1n) is 7.83. The van der Waals surface area contributed by atoms with E-state index in [0.717, 1.165) is 18.4 Å². The van der Waals surface area contributed by atoms with E-state index in [0.29, 0.717) is 12.1 Å². The molecule has 128 valence electrons. The number of carboxylic acid groups (broad SMARTS) is 1. The number of nitrogens with one attached hydrogen (secondary N) is 1. The molecular formula is C18H21NO4S. The summed E-state index contributed by atoms with van der Waals surface area (Å²) in [6, 6.07) is 13.6. The lowest BCUT2D eigenvalue weighted by atomic mass is 10.1. The minimum Gasteiger partial charge on any atom is -0.481 e. The van der Waals surface area contributed by atoms with Crippen LogP contribution in [0.3, 0.4) is 0 Å². The van der Waals surface area contributed by atoms with Crippen molar-refractivity contribution in [3.05, 3.63) is 59.7 Å². The fourth-order valence-corrected chi connectivity index (χ4v) is 3.39. The minimum atomic E-state index is -3.65. The zero-order valence-electron chi connectivity index (χ0n) is 13.5. The van der Waals surface area contributed by atoms with Crippen LogP contribution in [0, 0.1) is 0 Å². The Morgan fingerprint density at radius 1 is 0.958 bits per heavy atom. The molecule has 0 atom stereocenters. The molecule has 0 aromatic heterocycles. The van der Waals surface area contributed by atoms with Gasteiger partial charge in [-0.3, -0.25) is 9.52 Å². The van der Waals surface area contributed by atoms with Crippen LogP contribution in [0.4, 0.5) is 5.69 Å². The largest absolute Gasteiger partial charge is 0.481 e. The Bertz CT molecular complexity index is 781. The van der Waals surface area contributed by atoms with Gasteiger partial charge in [0.05, 0.1) is 4.90 Å². The quantitative estimate of drug-likeness (QED) is 0.766. The van der Waals surface area contributed by atoms with Crippen molar-refractivity contribution < 1.29 is 18.3 Å². The van der Waals surface area contributed by atoms with Crippen LogP contribution in [-0.2, 0) is 27.7 Å². The zero-order chi connectivity index (χ0) is 17.6. The number of carboxylic acids is 1. The average molecular weight is 347 g/mol. The summed E-state index contributed by atoms with van der Waals surface area (Å²) in [5.41, 5.74) is 2.48. The molecule has 2 N–H and O–H groups in total. The molecule has 5 nitrogen and oxygen atoms in total. The summed E-state index contributed by atoms with van der Waals surface area (Å²) < 4.78 is 27.3. The van der Waals surface area contributed by atoms with Crippen LogP contribution in [0.5, 0.6) is 0 Å². The highest BCUT2D eigenvalue weighted by Gasteiger charge is 2.14. The average Bonchev–Trinajstić information content (AvgIpc) is 2.55. The molecule has 0 radical (unpaired) electrons. The maximum Gasteiger partial charge on any atom is 0.303 e. The van der Waals surface area contributed by atoms with Gasteiger partial charge in [-0.05, 0) is 48.2 Å². The molecular weight excluding hydrogens is 326 g/mol. The van der Waals surface area contributed by atoms with Crippen molar-refractivity contribution in [1.82, 2.24) is 0 Å². The fraction of sp³-hybridized carbons (Fsp3) is 0.278. The molecule has 0 amide bonds.